The average molecular weight is 212 g/mol. The minimum Gasteiger partial charge on any atom is -0.466 e. The molecule has 0 amide bonds. The normalized spacial score (nSPS) is 12.2. The van der Waals surface area contributed by atoms with Gasteiger partial charge >= 0.3 is 5.97 Å². The van der Waals surface area contributed by atoms with Crippen LogP contribution in [0.3, 0.4) is 0 Å². The smallest absolute Gasteiger partial charge is 0.312 e. The molecule has 0 aliphatic rings. The summed E-state index contributed by atoms with van der Waals surface area (Å²) in [5.41, 5.74) is 4.20. The molecule has 3 N–H and O–H groups in total. The first kappa shape index (κ1) is 11.7. The maximum atomic E-state index is 13.3. The molecular weight excluding hydrogens is 197 g/mol. The van der Waals surface area contributed by atoms with E-state index < -0.39 is 6.04 Å². The van der Waals surface area contributed by atoms with Gasteiger partial charge in [0, 0.05) is 5.56 Å². The van der Waals surface area contributed by atoms with Crippen molar-refractivity contribution in [3.8, 4) is 0 Å². The fourth-order valence-electron chi connectivity index (χ4n) is 1.34. The van der Waals surface area contributed by atoms with Crippen molar-refractivity contribution >= 4 is 5.97 Å². The topological polar surface area (TPSA) is 53.9 Å². The molecule has 1 aromatic carbocycles. The van der Waals surface area contributed by atoms with Crippen LogP contribution in [0, 0.1) is 5.82 Å². The lowest BCUT2D eigenvalue weighted by atomic mass is 10.0. The molecule has 3 nitrogen and oxygen atoms in total. The second kappa shape index (κ2) is 5.46. The van der Waals surface area contributed by atoms with Crippen LogP contribution in [-0.4, -0.2) is 12.6 Å². The highest BCUT2D eigenvalue weighted by Crippen LogP contribution is 2.16. The molecule has 0 aromatic heterocycles. The maximum Gasteiger partial charge on any atom is 0.312 e. The van der Waals surface area contributed by atoms with Crippen molar-refractivity contribution in [2.75, 3.05) is 6.61 Å². The van der Waals surface area contributed by atoms with Gasteiger partial charge < -0.3 is 10.5 Å². The van der Waals surface area contributed by atoms with E-state index in [1.165, 1.54) is 6.07 Å². The summed E-state index contributed by atoms with van der Waals surface area (Å²) in [6.45, 7) is 2.07. The number of hydrogen-bond acceptors (Lipinski definition) is 2. The zero-order valence-corrected chi connectivity index (χ0v) is 8.70. The lowest BCUT2D eigenvalue weighted by Gasteiger charge is -2.08. The van der Waals surface area contributed by atoms with E-state index >= 15 is 0 Å². The van der Waals surface area contributed by atoms with Gasteiger partial charge in [-0.2, -0.15) is 0 Å². The Balaban J connectivity index is 2.65. The van der Waals surface area contributed by atoms with Crippen molar-refractivity contribution in [2.45, 2.75) is 19.4 Å². The Morgan fingerprint density at radius 1 is 1.53 bits per heavy atom. The monoisotopic (exact) mass is 212 g/mol. The van der Waals surface area contributed by atoms with E-state index in [1.807, 2.05) is 0 Å². The lowest BCUT2D eigenvalue weighted by molar-refractivity contribution is -0.426. The summed E-state index contributed by atoms with van der Waals surface area (Å²) in [6.07, 6.45) is 0.106. The Morgan fingerprint density at radius 2 is 2.20 bits per heavy atom. The van der Waals surface area contributed by atoms with Gasteiger partial charge in [-0.3, -0.25) is 4.79 Å². The first-order valence-corrected chi connectivity index (χ1v) is 4.88. The standard InChI is InChI=1S/C11H14FNO2/c1-2-15-11(14)7-10(13)8-5-3-4-6-9(8)12/h3-6,10H,2,7,13H2,1H3/p+1/t10-/m0/s1. The maximum absolute atomic E-state index is 13.3. The average Bonchev–Trinajstić information content (AvgIpc) is 2.18. The Hall–Kier alpha value is -1.42. The van der Waals surface area contributed by atoms with Crippen LogP contribution in [0.2, 0.25) is 0 Å². The van der Waals surface area contributed by atoms with Gasteiger partial charge in [0.05, 0.1) is 6.61 Å². The van der Waals surface area contributed by atoms with Crippen LogP contribution in [0.15, 0.2) is 24.3 Å². The van der Waals surface area contributed by atoms with E-state index in [0.717, 1.165) is 0 Å². The second-order valence-electron chi connectivity index (χ2n) is 3.23. The summed E-state index contributed by atoms with van der Waals surface area (Å²) in [5, 5.41) is 0. The molecule has 1 aromatic rings. The Kier molecular flexibility index (Phi) is 4.24. The van der Waals surface area contributed by atoms with Crippen LogP contribution in [-0.2, 0) is 9.53 Å². The number of rotatable bonds is 4. The highest BCUT2D eigenvalue weighted by Gasteiger charge is 2.18. The predicted octanol–water partition coefficient (Wildman–Crippen LogP) is 1.06. The Labute approximate surface area is 88.0 Å². The largest absolute Gasteiger partial charge is 0.466 e. The van der Waals surface area contributed by atoms with Gasteiger partial charge in [-0.25, -0.2) is 4.39 Å². The van der Waals surface area contributed by atoms with Crippen molar-refractivity contribution in [2.24, 2.45) is 0 Å². The van der Waals surface area contributed by atoms with E-state index in [1.54, 1.807) is 25.1 Å². The number of ether oxygens (including phenoxy) is 1. The molecular formula is C11H15FNO2+. The minimum absolute atomic E-state index is 0.106. The van der Waals surface area contributed by atoms with Crippen molar-refractivity contribution in [1.29, 1.82) is 0 Å². The third-order valence-electron chi connectivity index (χ3n) is 2.06. The summed E-state index contributed by atoms with van der Waals surface area (Å²) in [4.78, 5) is 11.2. The third kappa shape index (κ3) is 3.32. The zero-order valence-electron chi connectivity index (χ0n) is 8.70. The van der Waals surface area contributed by atoms with Gasteiger partial charge in [0.1, 0.15) is 18.3 Å². The Bertz CT molecular complexity index is 341. The highest BCUT2D eigenvalue weighted by atomic mass is 19.1. The number of hydrogen-bond donors (Lipinski definition) is 1. The molecule has 4 heteroatoms. The fourth-order valence-corrected chi connectivity index (χ4v) is 1.34. The van der Waals surface area contributed by atoms with Gasteiger partial charge in [0.15, 0.2) is 0 Å². The molecule has 0 bridgehead atoms. The molecule has 0 aliphatic heterocycles. The molecule has 1 rings (SSSR count). The molecule has 0 saturated carbocycles. The zero-order chi connectivity index (χ0) is 11.3. The SMILES string of the molecule is CCOC(=O)C[C@H]([NH3+])c1ccccc1F. The second-order valence-corrected chi connectivity index (χ2v) is 3.23. The summed E-state index contributed by atoms with van der Waals surface area (Å²) in [7, 11) is 0. The van der Waals surface area contributed by atoms with Gasteiger partial charge in [-0.05, 0) is 13.0 Å². The van der Waals surface area contributed by atoms with Gasteiger partial charge in [-0.1, -0.05) is 18.2 Å². The summed E-state index contributed by atoms with van der Waals surface area (Å²) < 4.78 is 18.1. The summed E-state index contributed by atoms with van der Waals surface area (Å²) >= 11 is 0. The number of carbonyl (C=O) groups excluding carboxylic acids is 1. The molecule has 0 aliphatic carbocycles. The van der Waals surface area contributed by atoms with E-state index in [9.17, 15) is 9.18 Å². The molecule has 82 valence electrons. The van der Waals surface area contributed by atoms with E-state index in [4.69, 9.17) is 4.74 Å². The van der Waals surface area contributed by atoms with Gasteiger partial charge in [0.2, 0.25) is 0 Å². The minimum atomic E-state index is -0.398. The van der Waals surface area contributed by atoms with E-state index in [-0.39, 0.29) is 18.2 Å². The molecule has 0 unspecified atom stereocenters. The van der Waals surface area contributed by atoms with E-state index in [0.29, 0.717) is 12.2 Å². The molecule has 0 radical (unpaired) electrons. The summed E-state index contributed by atoms with van der Waals surface area (Å²) in [5.74, 6) is -0.678. The predicted molar refractivity (Wildman–Crippen MR) is 53.3 cm³/mol. The molecule has 15 heavy (non-hydrogen) atoms. The molecule has 0 fully saturated rings. The number of halogens is 1. The highest BCUT2D eigenvalue weighted by molar-refractivity contribution is 5.70. The number of carbonyl (C=O) groups is 1. The van der Waals surface area contributed by atoms with Gasteiger partial charge in [0.25, 0.3) is 0 Å². The van der Waals surface area contributed by atoms with Crippen LogP contribution < -0.4 is 5.73 Å². The van der Waals surface area contributed by atoms with E-state index in [2.05, 4.69) is 5.73 Å². The quantitative estimate of drug-likeness (QED) is 0.759. The summed E-state index contributed by atoms with van der Waals surface area (Å²) in [6, 6.07) is 5.92. The first-order valence-electron chi connectivity index (χ1n) is 4.88. The van der Waals surface area contributed by atoms with Gasteiger partial charge in [-0.15, -0.1) is 0 Å². The van der Waals surface area contributed by atoms with Crippen LogP contribution in [0.1, 0.15) is 24.9 Å². The molecule has 0 heterocycles. The third-order valence-corrected chi connectivity index (χ3v) is 2.06. The fraction of sp³-hybridized carbons (Fsp3) is 0.364. The molecule has 0 saturated heterocycles. The number of benzene rings is 1. The lowest BCUT2D eigenvalue weighted by Crippen LogP contribution is -2.54. The van der Waals surface area contributed by atoms with Crippen LogP contribution in [0.4, 0.5) is 4.39 Å². The number of esters is 1. The van der Waals surface area contributed by atoms with Crippen molar-refractivity contribution < 1.29 is 19.7 Å². The Morgan fingerprint density at radius 3 is 2.80 bits per heavy atom. The molecule has 1 atom stereocenters. The van der Waals surface area contributed by atoms with Crippen LogP contribution >= 0.6 is 0 Å². The first-order chi connectivity index (χ1) is 7.15. The number of quaternary nitrogens is 1. The molecule has 0 spiro atoms. The van der Waals surface area contributed by atoms with Crippen LogP contribution in [0.5, 0.6) is 0 Å². The van der Waals surface area contributed by atoms with Crippen molar-refractivity contribution in [3.05, 3.63) is 35.6 Å². The van der Waals surface area contributed by atoms with Crippen LogP contribution in [0.25, 0.3) is 0 Å². The van der Waals surface area contributed by atoms with Crippen molar-refractivity contribution in [1.82, 2.24) is 0 Å². The van der Waals surface area contributed by atoms with Crippen molar-refractivity contribution in [3.63, 3.8) is 0 Å².